The van der Waals surface area contributed by atoms with Crippen LogP contribution in [0.25, 0.3) is 0 Å². The molecule has 0 aliphatic heterocycles. The van der Waals surface area contributed by atoms with Gasteiger partial charge in [-0.1, -0.05) is 29.8 Å². The fourth-order valence-corrected chi connectivity index (χ4v) is 1.69. The first-order valence-electron chi connectivity index (χ1n) is 6.12. The van der Waals surface area contributed by atoms with Gasteiger partial charge in [-0.15, -0.1) is 0 Å². The number of nitrogens with one attached hydrogen (secondary N) is 1. The molecule has 1 rings (SSSR count). The van der Waals surface area contributed by atoms with E-state index in [2.05, 4.69) is 35.1 Å². The molecule has 0 atom stereocenters. The molecule has 0 fully saturated rings. The second-order valence-electron chi connectivity index (χ2n) is 4.69. The minimum Gasteiger partial charge on any atom is -0.379 e. The zero-order valence-corrected chi connectivity index (χ0v) is 12.7. The predicted molar refractivity (Wildman–Crippen MR) is 76.9 cm³/mol. The topological polar surface area (TPSA) is 38.3 Å². The third-order valence-corrected chi connectivity index (χ3v) is 3.29. The summed E-state index contributed by atoms with van der Waals surface area (Å²) in [4.78, 5) is 11.8. The highest BCUT2D eigenvalue weighted by Crippen LogP contribution is 2.16. The van der Waals surface area contributed by atoms with E-state index in [9.17, 15) is 4.79 Å². The van der Waals surface area contributed by atoms with Gasteiger partial charge in [0.05, 0.1) is 6.61 Å². The number of ether oxygens (including phenoxy) is 1. The van der Waals surface area contributed by atoms with Gasteiger partial charge in [0.25, 0.3) is 5.91 Å². The summed E-state index contributed by atoms with van der Waals surface area (Å²) < 4.78 is 6.42. The van der Waals surface area contributed by atoms with E-state index in [1.165, 1.54) is 0 Å². The van der Waals surface area contributed by atoms with Crippen molar-refractivity contribution in [1.29, 1.82) is 0 Å². The summed E-state index contributed by atoms with van der Waals surface area (Å²) in [5.74, 6) is 0.466. The van der Waals surface area contributed by atoms with Crippen LogP contribution in [0.4, 0.5) is 0 Å². The number of hydrogen-bond acceptors (Lipinski definition) is 2. The molecule has 1 N–H and O–H groups in total. The highest BCUT2D eigenvalue weighted by Gasteiger charge is 2.06. The van der Waals surface area contributed by atoms with Crippen LogP contribution in [0.2, 0.25) is 0 Å². The van der Waals surface area contributed by atoms with Crippen LogP contribution in [-0.2, 0) is 4.74 Å². The molecule has 0 unspecified atom stereocenters. The molecule has 0 aliphatic rings. The third-order valence-electron chi connectivity index (χ3n) is 2.40. The van der Waals surface area contributed by atoms with Gasteiger partial charge in [0.1, 0.15) is 0 Å². The van der Waals surface area contributed by atoms with Gasteiger partial charge in [-0.2, -0.15) is 0 Å². The molecule has 1 aromatic rings. The van der Waals surface area contributed by atoms with Crippen LogP contribution in [0.1, 0.15) is 29.8 Å². The highest BCUT2D eigenvalue weighted by atomic mass is 79.9. The van der Waals surface area contributed by atoms with Crippen LogP contribution >= 0.6 is 15.9 Å². The van der Waals surface area contributed by atoms with Crippen molar-refractivity contribution in [3.63, 3.8) is 0 Å². The number of rotatable bonds is 6. The first kappa shape index (κ1) is 15.2. The number of carbonyl (C=O) groups is 1. The van der Waals surface area contributed by atoms with Gasteiger partial charge >= 0.3 is 0 Å². The molecule has 1 aromatic carbocycles. The SMILES string of the molecule is Cc1cc(C(=O)NCCOCC(C)C)ccc1Br. The maximum absolute atomic E-state index is 11.8. The van der Waals surface area contributed by atoms with Gasteiger partial charge in [-0.05, 0) is 36.6 Å². The normalized spacial score (nSPS) is 10.7. The first-order chi connectivity index (χ1) is 8.50. The highest BCUT2D eigenvalue weighted by molar-refractivity contribution is 9.10. The molecule has 0 saturated heterocycles. The summed E-state index contributed by atoms with van der Waals surface area (Å²) in [6.45, 7) is 7.99. The van der Waals surface area contributed by atoms with Gasteiger partial charge < -0.3 is 10.1 Å². The molecule has 0 heterocycles. The number of halogens is 1. The molecular weight excluding hydrogens is 294 g/mol. The lowest BCUT2D eigenvalue weighted by Crippen LogP contribution is -2.27. The number of aryl methyl sites for hydroxylation is 1. The van der Waals surface area contributed by atoms with Crippen LogP contribution in [0.5, 0.6) is 0 Å². The molecule has 0 saturated carbocycles. The van der Waals surface area contributed by atoms with Crippen molar-refractivity contribution in [2.45, 2.75) is 20.8 Å². The maximum Gasteiger partial charge on any atom is 0.251 e. The largest absolute Gasteiger partial charge is 0.379 e. The Morgan fingerprint density at radius 2 is 2.17 bits per heavy atom. The molecule has 1 amide bonds. The van der Waals surface area contributed by atoms with Gasteiger partial charge in [0, 0.05) is 23.2 Å². The third kappa shape index (κ3) is 5.19. The quantitative estimate of drug-likeness (QED) is 0.819. The van der Waals surface area contributed by atoms with E-state index in [1.807, 2.05) is 19.1 Å². The van der Waals surface area contributed by atoms with Crippen molar-refractivity contribution in [3.8, 4) is 0 Å². The van der Waals surface area contributed by atoms with Crippen molar-refractivity contribution < 1.29 is 9.53 Å². The summed E-state index contributed by atoms with van der Waals surface area (Å²) in [5.41, 5.74) is 1.73. The Labute approximate surface area is 117 Å². The van der Waals surface area contributed by atoms with E-state index in [1.54, 1.807) is 6.07 Å². The Hall–Kier alpha value is -0.870. The van der Waals surface area contributed by atoms with Crippen molar-refractivity contribution >= 4 is 21.8 Å². The van der Waals surface area contributed by atoms with Crippen molar-refractivity contribution in [2.24, 2.45) is 5.92 Å². The summed E-state index contributed by atoms with van der Waals surface area (Å²) in [6, 6.07) is 5.56. The summed E-state index contributed by atoms with van der Waals surface area (Å²) >= 11 is 3.41. The molecule has 0 spiro atoms. The van der Waals surface area contributed by atoms with Crippen LogP contribution in [0.15, 0.2) is 22.7 Å². The fourth-order valence-electron chi connectivity index (χ4n) is 1.44. The smallest absolute Gasteiger partial charge is 0.251 e. The molecular formula is C14H20BrNO2. The lowest BCUT2D eigenvalue weighted by Gasteiger charge is -2.08. The van der Waals surface area contributed by atoms with Crippen molar-refractivity contribution in [2.75, 3.05) is 19.8 Å². The molecule has 0 bridgehead atoms. The van der Waals surface area contributed by atoms with Gasteiger partial charge in [-0.25, -0.2) is 0 Å². The molecule has 18 heavy (non-hydrogen) atoms. The van der Waals surface area contributed by atoms with Crippen LogP contribution in [0, 0.1) is 12.8 Å². The van der Waals surface area contributed by atoms with Gasteiger partial charge in [0.2, 0.25) is 0 Å². The lowest BCUT2D eigenvalue weighted by atomic mass is 10.1. The fraction of sp³-hybridized carbons (Fsp3) is 0.500. The zero-order chi connectivity index (χ0) is 13.5. The van der Waals surface area contributed by atoms with Gasteiger partial charge in [-0.3, -0.25) is 4.79 Å². The average molecular weight is 314 g/mol. The number of hydrogen-bond donors (Lipinski definition) is 1. The molecule has 4 heteroatoms. The summed E-state index contributed by atoms with van der Waals surface area (Å²) in [5, 5.41) is 2.84. The molecule has 100 valence electrons. The monoisotopic (exact) mass is 313 g/mol. The Balaban J connectivity index is 2.34. The second kappa shape index (κ2) is 7.54. The Morgan fingerprint density at radius 3 is 2.78 bits per heavy atom. The molecule has 0 aromatic heterocycles. The number of benzene rings is 1. The maximum atomic E-state index is 11.8. The van der Waals surface area contributed by atoms with Crippen molar-refractivity contribution in [3.05, 3.63) is 33.8 Å². The van der Waals surface area contributed by atoms with Crippen LogP contribution in [0.3, 0.4) is 0 Å². The van der Waals surface area contributed by atoms with Crippen molar-refractivity contribution in [1.82, 2.24) is 5.32 Å². The Morgan fingerprint density at radius 1 is 1.44 bits per heavy atom. The molecule has 3 nitrogen and oxygen atoms in total. The Kier molecular flexibility index (Phi) is 6.36. The predicted octanol–water partition coefficient (Wildman–Crippen LogP) is 3.16. The van der Waals surface area contributed by atoms with Crippen LogP contribution < -0.4 is 5.32 Å². The Bertz CT molecular complexity index is 405. The minimum atomic E-state index is -0.0567. The van der Waals surface area contributed by atoms with Crippen LogP contribution in [-0.4, -0.2) is 25.7 Å². The average Bonchev–Trinajstić information content (AvgIpc) is 2.31. The zero-order valence-electron chi connectivity index (χ0n) is 11.1. The van der Waals surface area contributed by atoms with E-state index < -0.39 is 0 Å². The van der Waals surface area contributed by atoms with E-state index >= 15 is 0 Å². The van der Waals surface area contributed by atoms with E-state index in [-0.39, 0.29) is 5.91 Å². The number of carbonyl (C=O) groups excluding carboxylic acids is 1. The van der Waals surface area contributed by atoms with E-state index in [0.717, 1.165) is 16.6 Å². The van der Waals surface area contributed by atoms with E-state index in [0.29, 0.717) is 24.6 Å². The summed E-state index contributed by atoms with van der Waals surface area (Å²) in [6.07, 6.45) is 0. The summed E-state index contributed by atoms with van der Waals surface area (Å²) in [7, 11) is 0. The molecule has 0 aliphatic carbocycles. The lowest BCUT2D eigenvalue weighted by molar-refractivity contribution is 0.0886. The first-order valence-corrected chi connectivity index (χ1v) is 6.92. The number of amides is 1. The van der Waals surface area contributed by atoms with Gasteiger partial charge in [0.15, 0.2) is 0 Å². The standard InChI is InChI=1S/C14H20BrNO2/c1-10(2)9-18-7-6-16-14(17)12-4-5-13(15)11(3)8-12/h4-5,8,10H,6-7,9H2,1-3H3,(H,16,17). The second-order valence-corrected chi connectivity index (χ2v) is 5.54. The molecule has 0 radical (unpaired) electrons. The minimum absolute atomic E-state index is 0.0567. The van der Waals surface area contributed by atoms with E-state index in [4.69, 9.17) is 4.74 Å².